The zero-order valence-corrected chi connectivity index (χ0v) is 10.4. The van der Waals surface area contributed by atoms with E-state index in [0.717, 1.165) is 12.8 Å². The molecule has 2 saturated carbocycles. The monoisotopic (exact) mass is 239 g/mol. The molecule has 2 rings (SSSR count). The van der Waals surface area contributed by atoms with Crippen LogP contribution in [0.15, 0.2) is 0 Å². The van der Waals surface area contributed by atoms with Crippen molar-refractivity contribution in [2.75, 3.05) is 6.54 Å². The van der Waals surface area contributed by atoms with E-state index in [1.54, 1.807) is 0 Å². The van der Waals surface area contributed by atoms with Crippen molar-refractivity contribution in [2.45, 2.75) is 51.5 Å². The molecular weight excluding hydrogens is 218 g/mol. The van der Waals surface area contributed by atoms with Gasteiger partial charge in [-0.2, -0.15) is 0 Å². The van der Waals surface area contributed by atoms with Crippen molar-refractivity contribution in [3.63, 3.8) is 0 Å². The Hall–Kier alpha value is -1.06. The van der Waals surface area contributed by atoms with Crippen LogP contribution in [-0.4, -0.2) is 34.5 Å². The van der Waals surface area contributed by atoms with Crippen molar-refractivity contribution in [3.05, 3.63) is 0 Å². The summed E-state index contributed by atoms with van der Waals surface area (Å²) >= 11 is 0. The van der Waals surface area contributed by atoms with Crippen LogP contribution in [0.4, 0.5) is 0 Å². The maximum absolute atomic E-state index is 12.2. The number of hydrogen-bond acceptors (Lipinski definition) is 2. The molecule has 0 aromatic carbocycles. The fraction of sp³-hybridized carbons (Fsp3) is 0.846. The van der Waals surface area contributed by atoms with Gasteiger partial charge in [0.2, 0.25) is 5.91 Å². The standard InChI is InChI=1S/C13H21NO3/c1-2-14(9-6-4-3-5-7-9)12(15)10-8-11(10)13(16)17/h9-11H,2-8H2,1H3,(H,16,17)/t10-,11+/m1/s1. The molecule has 2 fully saturated rings. The van der Waals surface area contributed by atoms with Gasteiger partial charge >= 0.3 is 5.97 Å². The van der Waals surface area contributed by atoms with E-state index < -0.39 is 11.9 Å². The third-order valence-electron chi connectivity index (χ3n) is 4.06. The largest absolute Gasteiger partial charge is 0.481 e. The molecule has 1 amide bonds. The average molecular weight is 239 g/mol. The normalized spacial score (nSPS) is 28.8. The average Bonchev–Trinajstić information content (AvgIpc) is 3.11. The van der Waals surface area contributed by atoms with Crippen LogP contribution in [0.1, 0.15) is 45.4 Å². The lowest BCUT2D eigenvalue weighted by molar-refractivity contribution is -0.142. The zero-order valence-electron chi connectivity index (χ0n) is 10.4. The molecule has 0 bridgehead atoms. The minimum Gasteiger partial charge on any atom is -0.481 e. The van der Waals surface area contributed by atoms with Crippen LogP contribution in [0.3, 0.4) is 0 Å². The number of carbonyl (C=O) groups excluding carboxylic acids is 1. The van der Waals surface area contributed by atoms with E-state index in [-0.39, 0.29) is 11.8 Å². The van der Waals surface area contributed by atoms with Gasteiger partial charge in [0.25, 0.3) is 0 Å². The van der Waals surface area contributed by atoms with E-state index >= 15 is 0 Å². The van der Waals surface area contributed by atoms with Gasteiger partial charge in [-0.1, -0.05) is 19.3 Å². The van der Waals surface area contributed by atoms with Gasteiger partial charge in [-0.25, -0.2) is 0 Å². The van der Waals surface area contributed by atoms with Gasteiger partial charge in [0.1, 0.15) is 0 Å². The second-order valence-electron chi connectivity index (χ2n) is 5.20. The Morgan fingerprint density at radius 1 is 1.18 bits per heavy atom. The van der Waals surface area contributed by atoms with Crippen LogP contribution in [-0.2, 0) is 9.59 Å². The van der Waals surface area contributed by atoms with Crippen LogP contribution < -0.4 is 0 Å². The molecule has 96 valence electrons. The Morgan fingerprint density at radius 3 is 2.29 bits per heavy atom. The van der Waals surface area contributed by atoms with E-state index in [1.807, 2.05) is 11.8 Å². The lowest BCUT2D eigenvalue weighted by Crippen LogP contribution is -2.42. The maximum Gasteiger partial charge on any atom is 0.307 e. The molecule has 0 aliphatic heterocycles. The summed E-state index contributed by atoms with van der Waals surface area (Å²) in [5, 5.41) is 8.87. The first kappa shape index (κ1) is 12.4. The molecule has 0 aromatic rings. The third kappa shape index (κ3) is 2.61. The predicted octanol–water partition coefficient (Wildman–Crippen LogP) is 1.89. The number of aliphatic carboxylic acids is 1. The Kier molecular flexibility index (Phi) is 3.69. The summed E-state index contributed by atoms with van der Waals surface area (Å²) in [7, 11) is 0. The molecule has 0 radical (unpaired) electrons. The maximum atomic E-state index is 12.2. The summed E-state index contributed by atoms with van der Waals surface area (Å²) in [5.41, 5.74) is 0. The van der Waals surface area contributed by atoms with Crippen LogP contribution in [0.25, 0.3) is 0 Å². The first-order valence-electron chi connectivity index (χ1n) is 6.68. The quantitative estimate of drug-likeness (QED) is 0.815. The van der Waals surface area contributed by atoms with Crippen molar-refractivity contribution in [1.82, 2.24) is 4.90 Å². The van der Waals surface area contributed by atoms with E-state index in [2.05, 4.69) is 0 Å². The highest BCUT2D eigenvalue weighted by Crippen LogP contribution is 2.41. The first-order valence-corrected chi connectivity index (χ1v) is 6.68. The van der Waals surface area contributed by atoms with Gasteiger partial charge in [0.05, 0.1) is 11.8 Å². The number of amides is 1. The lowest BCUT2D eigenvalue weighted by Gasteiger charge is -2.33. The van der Waals surface area contributed by atoms with Crippen molar-refractivity contribution >= 4 is 11.9 Å². The van der Waals surface area contributed by atoms with Gasteiger partial charge in [-0.05, 0) is 26.2 Å². The molecule has 1 N–H and O–H groups in total. The zero-order chi connectivity index (χ0) is 12.4. The summed E-state index contributed by atoms with van der Waals surface area (Å²) in [6.07, 6.45) is 6.37. The van der Waals surface area contributed by atoms with Crippen LogP contribution in [0.5, 0.6) is 0 Å². The van der Waals surface area contributed by atoms with Gasteiger partial charge in [0, 0.05) is 12.6 Å². The Morgan fingerprint density at radius 2 is 1.82 bits per heavy atom. The lowest BCUT2D eigenvalue weighted by atomic mass is 9.94. The molecule has 0 unspecified atom stereocenters. The Labute approximate surface area is 102 Å². The molecule has 0 aromatic heterocycles. The second-order valence-corrected chi connectivity index (χ2v) is 5.20. The number of rotatable bonds is 4. The van der Waals surface area contributed by atoms with Crippen LogP contribution >= 0.6 is 0 Å². The summed E-state index contributed by atoms with van der Waals surface area (Å²) < 4.78 is 0. The Bertz CT molecular complexity index is 310. The fourth-order valence-electron chi connectivity index (χ4n) is 2.94. The highest BCUT2D eigenvalue weighted by Gasteiger charge is 2.50. The van der Waals surface area contributed by atoms with Crippen LogP contribution in [0.2, 0.25) is 0 Å². The molecule has 0 spiro atoms. The molecule has 17 heavy (non-hydrogen) atoms. The number of carboxylic acid groups (broad SMARTS) is 1. The smallest absolute Gasteiger partial charge is 0.307 e. The highest BCUT2D eigenvalue weighted by molar-refractivity contribution is 5.89. The minimum atomic E-state index is -0.817. The van der Waals surface area contributed by atoms with Gasteiger partial charge < -0.3 is 10.0 Å². The minimum absolute atomic E-state index is 0.0757. The van der Waals surface area contributed by atoms with E-state index in [4.69, 9.17) is 5.11 Å². The van der Waals surface area contributed by atoms with Gasteiger partial charge in [-0.15, -0.1) is 0 Å². The van der Waals surface area contributed by atoms with Gasteiger partial charge in [-0.3, -0.25) is 9.59 Å². The number of carboxylic acids is 1. The highest BCUT2D eigenvalue weighted by atomic mass is 16.4. The molecule has 2 aliphatic rings. The second kappa shape index (κ2) is 5.07. The third-order valence-corrected chi connectivity index (χ3v) is 4.06. The van der Waals surface area contributed by atoms with Crippen LogP contribution in [0, 0.1) is 11.8 Å². The van der Waals surface area contributed by atoms with Crippen molar-refractivity contribution in [1.29, 1.82) is 0 Å². The first-order chi connectivity index (χ1) is 8.15. The van der Waals surface area contributed by atoms with Crippen molar-refractivity contribution in [3.8, 4) is 0 Å². The molecule has 0 heterocycles. The van der Waals surface area contributed by atoms with E-state index in [0.29, 0.717) is 19.0 Å². The summed E-state index contributed by atoms with van der Waals surface area (Å²) in [5.74, 6) is -1.40. The number of hydrogen-bond donors (Lipinski definition) is 1. The summed E-state index contributed by atoms with van der Waals surface area (Å²) in [6, 6.07) is 0.358. The number of nitrogens with zero attached hydrogens (tertiary/aromatic N) is 1. The van der Waals surface area contributed by atoms with Gasteiger partial charge in [0.15, 0.2) is 0 Å². The van der Waals surface area contributed by atoms with E-state index in [9.17, 15) is 9.59 Å². The summed E-state index contributed by atoms with van der Waals surface area (Å²) in [4.78, 5) is 24.9. The van der Waals surface area contributed by atoms with Crippen molar-refractivity contribution in [2.24, 2.45) is 11.8 Å². The SMILES string of the molecule is CCN(C(=O)[C@@H]1C[C@@H]1C(=O)O)C1CCCCC1. The number of carbonyl (C=O) groups is 2. The topological polar surface area (TPSA) is 57.6 Å². The fourth-order valence-corrected chi connectivity index (χ4v) is 2.94. The van der Waals surface area contributed by atoms with Crippen molar-refractivity contribution < 1.29 is 14.7 Å². The molecule has 2 aliphatic carbocycles. The Balaban J connectivity index is 1.94. The van der Waals surface area contributed by atoms with E-state index in [1.165, 1.54) is 19.3 Å². The molecular formula is C13H21NO3. The molecule has 4 heteroatoms. The molecule has 4 nitrogen and oxygen atoms in total. The molecule has 2 atom stereocenters. The summed E-state index contributed by atoms with van der Waals surface area (Å²) in [6.45, 7) is 2.71. The predicted molar refractivity (Wildman–Crippen MR) is 63.5 cm³/mol. The molecule has 0 saturated heterocycles.